The van der Waals surface area contributed by atoms with Crippen molar-refractivity contribution in [2.75, 3.05) is 13.2 Å². The maximum Gasteiger partial charge on any atom is 0.137 e. The molecule has 3 heterocycles. The fourth-order valence-electron chi connectivity index (χ4n) is 2.61. The van der Waals surface area contributed by atoms with Gasteiger partial charge in [0.05, 0.1) is 17.3 Å². The molecule has 2 aromatic heterocycles. The highest BCUT2D eigenvalue weighted by atomic mass is 35.5. The van der Waals surface area contributed by atoms with Gasteiger partial charge < -0.3 is 9.51 Å². The van der Waals surface area contributed by atoms with Crippen molar-refractivity contribution in [2.24, 2.45) is 0 Å². The van der Waals surface area contributed by atoms with Gasteiger partial charge in [-0.25, -0.2) is 9.37 Å². The molecule has 102 valence electrons. The first-order valence-electron chi connectivity index (χ1n) is 6.28. The number of pyridine rings is 1. The van der Waals surface area contributed by atoms with Crippen LogP contribution in [-0.2, 0) is 6.54 Å². The summed E-state index contributed by atoms with van der Waals surface area (Å²) in [6, 6.07) is 3.53. The van der Waals surface area contributed by atoms with Gasteiger partial charge in [-0.15, -0.1) is 0 Å². The van der Waals surface area contributed by atoms with Crippen molar-refractivity contribution in [1.82, 2.24) is 14.3 Å². The summed E-state index contributed by atoms with van der Waals surface area (Å²) in [5.74, 6) is 0. The van der Waals surface area contributed by atoms with Gasteiger partial charge in [-0.2, -0.15) is 0 Å². The molecule has 0 amide bonds. The molecule has 2 atom stereocenters. The molecular formula is C13H15ClFN3O. The Hall–Kier alpha value is -1.17. The summed E-state index contributed by atoms with van der Waals surface area (Å²) < 4.78 is 15.2. The van der Waals surface area contributed by atoms with Crippen LogP contribution in [0.3, 0.4) is 0 Å². The predicted molar refractivity (Wildman–Crippen MR) is 71.0 cm³/mol. The second-order valence-corrected chi connectivity index (χ2v) is 5.38. The summed E-state index contributed by atoms with van der Waals surface area (Å²) in [5, 5.41) is 9.90. The largest absolute Gasteiger partial charge is 0.395 e. The van der Waals surface area contributed by atoms with E-state index in [0.29, 0.717) is 24.5 Å². The molecule has 1 fully saturated rings. The van der Waals surface area contributed by atoms with E-state index in [9.17, 15) is 9.50 Å². The first-order chi connectivity index (χ1) is 9.15. The SMILES string of the molecule is OC[C@@H]1C[C@H](F)CN1Cc1cn2cc(Cl)ccc2n1. The lowest BCUT2D eigenvalue weighted by atomic mass is 10.2. The second-order valence-electron chi connectivity index (χ2n) is 4.94. The van der Waals surface area contributed by atoms with Crippen LogP contribution in [0.5, 0.6) is 0 Å². The van der Waals surface area contributed by atoms with Crippen LogP contribution in [0.4, 0.5) is 4.39 Å². The van der Waals surface area contributed by atoms with Crippen LogP contribution in [0, 0.1) is 0 Å². The van der Waals surface area contributed by atoms with E-state index < -0.39 is 6.17 Å². The van der Waals surface area contributed by atoms with Crippen molar-refractivity contribution < 1.29 is 9.50 Å². The van der Waals surface area contributed by atoms with E-state index in [2.05, 4.69) is 4.98 Å². The number of likely N-dealkylation sites (tertiary alicyclic amines) is 1. The summed E-state index contributed by atoms with van der Waals surface area (Å²) in [6.07, 6.45) is 3.22. The maximum absolute atomic E-state index is 13.4. The van der Waals surface area contributed by atoms with E-state index in [1.165, 1.54) is 0 Å². The van der Waals surface area contributed by atoms with Gasteiger partial charge in [0.2, 0.25) is 0 Å². The van der Waals surface area contributed by atoms with E-state index in [-0.39, 0.29) is 12.6 Å². The van der Waals surface area contributed by atoms with Crippen molar-refractivity contribution in [1.29, 1.82) is 0 Å². The first kappa shape index (κ1) is 12.8. The Balaban J connectivity index is 1.81. The molecule has 0 radical (unpaired) electrons. The molecule has 1 aliphatic heterocycles. The Morgan fingerprint density at radius 1 is 1.42 bits per heavy atom. The lowest BCUT2D eigenvalue weighted by Gasteiger charge is -2.20. The van der Waals surface area contributed by atoms with Gasteiger partial charge in [0.1, 0.15) is 11.8 Å². The minimum Gasteiger partial charge on any atom is -0.395 e. The number of aromatic nitrogens is 2. The number of aliphatic hydroxyl groups is 1. The Bertz CT molecular complexity index is 588. The van der Waals surface area contributed by atoms with Gasteiger partial charge >= 0.3 is 0 Å². The third kappa shape index (κ3) is 2.59. The smallest absolute Gasteiger partial charge is 0.137 e. The maximum atomic E-state index is 13.4. The standard InChI is InChI=1S/C13H15ClFN3O/c14-9-1-2-13-16-11(7-18(13)4-9)6-17-5-10(15)3-12(17)8-19/h1-2,4,7,10,12,19H,3,5-6,8H2/t10-,12-/m0/s1. The second kappa shape index (κ2) is 5.07. The Morgan fingerprint density at radius 2 is 2.26 bits per heavy atom. The third-order valence-electron chi connectivity index (χ3n) is 3.52. The molecule has 1 saturated heterocycles. The van der Waals surface area contributed by atoms with Crippen LogP contribution in [0.2, 0.25) is 5.02 Å². The average molecular weight is 284 g/mol. The summed E-state index contributed by atoms with van der Waals surface area (Å²) in [5.41, 5.74) is 1.67. The van der Waals surface area contributed by atoms with Crippen molar-refractivity contribution in [3.63, 3.8) is 0 Å². The van der Waals surface area contributed by atoms with Gasteiger partial charge in [-0.05, 0) is 18.6 Å². The highest BCUT2D eigenvalue weighted by Crippen LogP contribution is 2.22. The number of alkyl halides is 1. The monoisotopic (exact) mass is 283 g/mol. The van der Waals surface area contributed by atoms with Crippen molar-refractivity contribution in [3.05, 3.63) is 35.2 Å². The fraction of sp³-hybridized carbons (Fsp3) is 0.462. The number of nitrogens with zero attached hydrogens (tertiary/aromatic N) is 3. The molecule has 19 heavy (non-hydrogen) atoms. The number of hydrogen-bond acceptors (Lipinski definition) is 3. The summed E-state index contributed by atoms with van der Waals surface area (Å²) in [6.45, 7) is 0.893. The molecule has 4 nitrogen and oxygen atoms in total. The van der Waals surface area contributed by atoms with E-state index in [1.54, 1.807) is 12.3 Å². The quantitative estimate of drug-likeness (QED) is 0.935. The number of imidazole rings is 1. The summed E-state index contributed by atoms with van der Waals surface area (Å²) >= 11 is 5.92. The van der Waals surface area contributed by atoms with E-state index in [0.717, 1.165) is 11.3 Å². The summed E-state index contributed by atoms with van der Waals surface area (Å²) in [7, 11) is 0. The topological polar surface area (TPSA) is 40.8 Å². The molecule has 0 aliphatic carbocycles. The van der Waals surface area contributed by atoms with E-state index in [1.807, 2.05) is 21.6 Å². The molecule has 1 N–H and O–H groups in total. The van der Waals surface area contributed by atoms with Crippen LogP contribution in [0.1, 0.15) is 12.1 Å². The summed E-state index contributed by atoms with van der Waals surface area (Å²) in [4.78, 5) is 6.41. The van der Waals surface area contributed by atoms with Crippen LogP contribution in [0.25, 0.3) is 5.65 Å². The first-order valence-corrected chi connectivity index (χ1v) is 6.65. The van der Waals surface area contributed by atoms with Crippen LogP contribution < -0.4 is 0 Å². The predicted octanol–water partition coefficient (Wildman–Crippen LogP) is 1.89. The highest BCUT2D eigenvalue weighted by Gasteiger charge is 2.31. The zero-order valence-corrected chi connectivity index (χ0v) is 11.1. The van der Waals surface area contributed by atoms with Crippen LogP contribution >= 0.6 is 11.6 Å². The minimum atomic E-state index is -0.858. The van der Waals surface area contributed by atoms with Crippen molar-refractivity contribution in [2.45, 2.75) is 25.2 Å². The molecule has 0 saturated carbocycles. The molecule has 0 bridgehead atoms. The van der Waals surface area contributed by atoms with E-state index >= 15 is 0 Å². The number of rotatable bonds is 3. The van der Waals surface area contributed by atoms with Gasteiger partial charge in [0.15, 0.2) is 0 Å². The Morgan fingerprint density at radius 3 is 3.05 bits per heavy atom. The molecule has 0 aromatic carbocycles. The Kier molecular flexibility index (Phi) is 3.43. The van der Waals surface area contributed by atoms with Gasteiger partial charge in [0, 0.05) is 31.5 Å². The molecular weight excluding hydrogens is 269 g/mol. The van der Waals surface area contributed by atoms with Gasteiger partial charge in [-0.1, -0.05) is 11.6 Å². The van der Waals surface area contributed by atoms with Gasteiger partial charge in [-0.3, -0.25) is 4.90 Å². The van der Waals surface area contributed by atoms with E-state index in [4.69, 9.17) is 11.6 Å². The van der Waals surface area contributed by atoms with Crippen LogP contribution in [0.15, 0.2) is 24.5 Å². The van der Waals surface area contributed by atoms with Gasteiger partial charge in [0.25, 0.3) is 0 Å². The average Bonchev–Trinajstić information content (AvgIpc) is 2.92. The number of hydrogen-bond donors (Lipinski definition) is 1. The minimum absolute atomic E-state index is 0.0143. The molecule has 3 rings (SSSR count). The molecule has 6 heteroatoms. The lowest BCUT2D eigenvalue weighted by molar-refractivity contribution is 0.152. The normalized spacial score (nSPS) is 24.4. The zero-order valence-electron chi connectivity index (χ0n) is 10.3. The number of halogens is 2. The molecule has 0 spiro atoms. The van der Waals surface area contributed by atoms with Crippen molar-refractivity contribution >= 4 is 17.2 Å². The fourth-order valence-corrected chi connectivity index (χ4v) is 2.78. The van der Waals surface area contributed by atoms with Crippen LogP contribution in [-0.4, -0.2) is 44.8 Å². The van der Waals surface area contributed by atoms with Crippen molar-refractivity contribution in [3.8, 4) is 0 Å². The number of fused-ring (bicyclic) bond motifs is 1. The molecule has 0 unspecified atom stereocenters. The highest BCUT2D eigenvalue weighted by molar-refractivity contribution is 6.30. The molecule has 2 aromatic rings. The number of aliphatic hydroxyl groups excluding tert-OH is 1. The Labute approximate surface area is 115 Å². The lowest BCUT2D eigenvalue weighted by Crippen LogP contribution is -2.31. The molecule has 1 aliphatic rings. The zero-order chi connectivity index (χ0) is 13.4. The third-order valence-corrected chi connectivity index (χ3v) is 3.74.